The van der Waals surface area contributed by atoms with Crippen molar-refractivity contribution in [3.8, 4) is 0 Å². The maximum atomic E-state index is 5.49. The molecule has 0 aliphatic carbocycles. The van der Waals surface area contributed by atoms with E-state index in [0.717, 1.165) is 41.4 Å². The summed E-state index contributed by atoms with van der Waals surface area (Å²) in [7, 11) is 0. The Labute approximate surface area is 131 Å². The van der Waals surface area contributed by atoms with Crippen LogP contribution in [0, 0.1) is 25.5 Å². The van der Waals surface area contributed by atoms with Gasteiger partial charge in [-0.05, 0) is 50.5 Å². The van der Waals surface area contributed by atoms with Crippen LogP contribution in [0.5, 0.6) is 0 Å². The molecule has 0 bridgehead atoms. The summed E-state index contributed by atoms with van der Waals surface area (Å²) in [6.07, 6.45) is 1.09. The maximum Gasteiger partial charge on any atom is 0.201 e. The highest BCUT2D eigenvalue weighted by Crippen LogP contribution is 2.39. The van der Waals surface area contributed by atoms with Crippen molar-refractivity contribution < 1.29 is 0 Å². The third kappa shape index (κ3) is 1.75. The van der Waals surface area contributed by atoms with E-state index in [-0.39, 0.29) is 0 Å². The van der Waals surface area contributed by atoms with Crippen LogP contribution in [-0.2, 0) is 6.54 Å². The number of nitrogens with zero attached hydrogens (tertiary/aromatic N) is 3. The summed E-state index contributed by atoms with van der Waals surface area (Å²) in [6, 6.07) is 0. The molecule has 108 valence electrons. The Balaban J connectivity index is 2.24. The van der Waals surface area contributed by atoms with Gasteiger partial charge in [0, 0.05) is 24.2 Å². The Bertz CT molecular complexity index is 952. The van der Waals surface area contributed by atoms with Crippen LogP contribution in [-0.4, -0.2) is 21.1 Å². The summed E-state index contributed by atoms with van der Waals surface area (Å²) in [5.74, 6) is 1.12. The molecule has 4 heterocycles. The molecule has 0 spiro atoms. The molecular weight excluding hydrogens is 300 g/mol. The van der Waals surface area contributed by atoms with Gasteiger partial charge in [0.1, 0.15) is 10.6 Å². The first kappa shape index (κ1) is 13.2. The van der Waals surface area contributed by atoms with Crippen LogP contribution in [0.4, 0.5) is 5.82 Å². The monoisotopic (exact) mass is 316 g/mol. The van der Waals surface area contributed by atoms with E-state index < -0.39 is 0 Å². The zero-order valence-corrected chi connectivity index (χ0v) is 13.9. The number of aryl methyl sites for hydroxylation is 2. The van der Waals surface area contributed by atoms with Crippen molar-refractivity contribution in [2.75, 3.05) is 11.9 Å². The average molecular weight is 316 g/mol. The molecule has 0 amide bonds. The zero-order chi connectivity index (χ0) is 14.7. The smallest absolute Gasteiger partial charge is 0.201 e. The molecule has 4 nitrogen and oxygen atoms in total. The SMILES string of the molecule is Cc1nc2sc3c4n(c(=S)nc3c2c(C)c1C)CCCN4. The van der Waals surface area contributed by atoms with Crippen molar-refractivity contribution in [3.63, 3.8) is 0 Å². The minimum Gasteiger partial charge on any atom is -0.370 e. The van der Waals surface area contributed by atoms with Crippen LogP contribution in [0.2, 0.25) is 0 Å². The van der Waals surface area contributed by atoms with Gasteiger partial charge < -0.3 is 9.88 Å². The molecular formula is C15H16N4S2. The lowest BCUT2D eigenvalue weighted by atomic mass is 10.1. The van der Waals surface area contributed by atoms with Gasteiger partial charge in [-0.25, -0.2) is 9.97 Å². The molecule has 1 aliphatic rings. The average Bonchev–Trinajstić information content (AvgIpc) is 2.83. The Kier molecular flexibility index (Phi) is 2.81. The number of rotatable bonds is 0. The quantitative estimate of drug-likeness (QED) is 0.634. The normalized spacial score (nSPS) is 14.4. The zero-order valence-electron chi connectivity index (χ0n) is 12.3. The van der Waals surface area contributed by atoms with Crippen molar-refractivity contribution in [3.05, 3.63) is 21.6 Å². The molecule has 4 rings (SSSR count). The van der Waals surface area contributed by atoms with E-state index in [4.69, 9.17) is 22.2 Å². The molecule has 0 aromatic carbocycles. The van der Waals surface area contributed by atoms with E-state index in [1.54, 1.807) is 11.3 Å². The second-order valence-electron chi connectivity index (χ2n) is 5.58. The lowest BCUT2D eigenvalue weighted by Gasteiger charge is -2.20. The van der Waals surface area contributed by atoms with Crippen LogP contribution >= 0.6 is 23.6 Å². The molecule has 1 aliphatic heterocycles. The van der Waals surface area contributed by atoms with Gasteiger partial charge in [-0.15, -0.1) is 11.3 Å². The molecule has 0 unspecified atom stereocenters. The lowest BCUT2D eigenvalue weighted by molar-refractivity contribution is 0.613. The van der Waals surface area contributed by atoms with E-state index in [1.165, 1.54) is 21.2 Å². The second-order valence-corrected chi connectivity index (χ2v) is 6.95. The summed E-state index contributed by atoms with van der Waals surface area (Å²) < 4.78 is 3.96. The molecule has 0 atom stereocenters. The highest BCUT2D eigenvalue weighted by Gasteiger charge is 2.20. The summed E-state index contributed by atoms with van der Waals surface area (Å²) in [5.41, 5.74) is 4.62. The molecule has 6 heteroatoms. The number of nitrogens with one attached hydrogen (secondary N) is 1. The molecule has 1 N–H and O–H groups in total. The van der Waals surface area contributed by atoms with Gasteiger partial charge in [-0.1, -0.05) is 0 Å². The Hall–Kier alpha value is -1.53. The Morgan fingerprint density at radius 2 is 2.00 bits per heavy atom. The third-order valence-electron chi connectivity index (χ3n) is 4.39. The number of aromatic nitrogens is 3. The predicted octanol–water partition coefficient (Wildman–Crippen LogP) is 4.12. The van der Waals surface area contributed by atoms with Crippen molar-refractivity contribution in [1.29, 1.82) is 0 Å². The van der Waals surface area contributed by atoms with Crippen LogP contribution in [0.1, 0.15) is 23.2 Å². The van der Waals surface area contributed by atoms with E-state index in [1.807, 2.05) is 0 Å². The van der Waals surface area contributed by atoms with Crippen LogP contribution < -0.4 is 5.32 Å². The van der Waals surface area contributed by atoms with Gasteiger partial charge >= 0.3 is 0 Å². The van der Waals surface area contributed by atoms with Crippen LogP contribution in [0.15, 0.2) is 0 Å². The molecule has 3 aromatic rings. The molecule has 0 saturated heterocycles. The van der Waals surface area contributed by atoms with Crippen molar-refractivity contribution >= 4 is 49.8 Å². The standard InChI is InChI=1S/C15H16N4S2/c1-7-8(2)10-11-12(21-14(10)17-9(7)3)13-16-5-4-6-19(13)15(20)18-11/h16H,4-6H2,1-3H3. The lowest BCUT2D eigenvalue weighted by Crippen LogP contribution is -2.19. The van der Waals surface area contributed by atoms with Crippen molar-refractivity contribution in [1.82, 2.24) is 14.5 Å². The maximum absolute atomic E-state index is 5.49. The number of thiophene rings is 1. The van der Waals surface area contributed by atoms with Crippen molar-refractivity contribution in [2.24, 2.45) is 0 Å². The van der Waals surface area contributed by atoms with Crippen LogP contribution in [0.25, 0.3) is 20.4 Å². The van der Waals surface area contributed by atoms with Gasteiger partial charge in [0.2, 0.25) is 4.77 Å². The number of hydrogen-bond donors (Lipinski definition) is 1. The summed E-state index contributed by atoms with van der Waals surface area (Å²) in [4.78, 5) is 10.5. The first-order valence-electron chi connectivity index (χ1n) is 7.12. The summed E-state index contributed by atoms with van der Waals surface area (Å²) in [6.45, 7) is 8.29. The summed E-state index contributed by atoms with van der Waals surface area (Å²) >= 11 is 7.21. The van der Waals surface area contributed by atoms with Gasteiger partial charge in [0.05, 0.1) is 10.2 Å². The first-order valence-corrected chi connectivity index (χ1v) is 8.35. The number of fused-ring (bicyclic) bond motifs is 5. The fraction of sp³-hybridized carbons (Fsp3) is 0.400. The topological polar surface area (TPSA) is 42.7 Å². The number of anilines is 1. The van der Waals surface area contributed by atoms with Crippen LogP contribution in [0.3, 0.4) is 0 Å². The fourth-order valence-corrected chi connectivity index (χ4v) is 4.52. The van der Waals surface area contributed by atoms with E-state index in [9.17, 15) is 0 Å². The number of hydrogen-bond acceptors (Lipinski definition) is 5. The van der Waals surface area contributed by atoms with Gasteiger partial charge in [0.25, 0.3) is 0 Å². The molecule has 0 radical (unpaired) electrons. The highest BCUT2D eigenvalue weighted by atomic mass is 32.1. The molecule has 3 aromatic heterocycles. The van der Waals surface area contributed by atoms with E-state index >= 15 is 0 Å². The largest absolute Gasteiger partial charge is 0.370 e. The molecule has 21 heavy (non-hydrogen) atoms. The predicted molar refractivity (Wildman–Crippen MR) is 91.1 cm³/mol. The second kappa shape index (κ2) is 4.48. The van der Waals surface area contributed by atoms with Gasteiger partial charge in [0.15, 0.2) is 0 Å². The molecule has 0 saturated carbocycles. The summed E-state index contributed by atoms with van der Waals surface area (Å²) in [5, 5.41) is 4.66. The molecule has 0 fully saturated rings. The van der Waals surface area contributed by atoms with E-state index in [2.05, 4.69) is 30.7 Å². The van der Waals surface area contributed by atoms with Gasteiger partial charge in [-0.3, -0.25) is 0 Å². The Morgan fingerprint density at radius 1 is 1.19 bits per heavy atom. The van der Waals surface area contributed by atoms with E-state index in [0.29, 0.717) is 4.77 Å². The fourth-order valence-electron chi connectivity index (χ4n) is 2.99. The number of pyridine rings is 1. The first-order chi connectivity index (χ1) is 10.1. The Morgan fingerprint density at radius 3 is 2.81 bits per heavy atom. The third-order valence-corrected chi connectivity index (χ3v) is 5.78. The van der Waals surface area contributed by atoms with Crippen molar-refractivity contribution in [2.45, 2.75) is 33.7 Å². The highest BCUT2D eigenvalue weighted by molar-refractivity contribution is 7.71. The van der Waals surface area contributed by atoms with Gasteiger partial charge in [-0.2, -0.15) is 0 Å². The minimum atomic E-state index is 0.669. The minimum absolute atomic E-state index is 0.669.